The molecule has 0 spiro atoms. The molecule has 1 aromatic rings. The van der Waals surface area contributed by atoms with E-state index in [9.17, 15) is 9.59 Å². The number of nitrogens with one attached hydrogen (secondary N) is 1. The van der Waals surface area contributed by atoms with E-state index in [0.29, 0.717) is 23.6 Å². The molecule has 2 aliphatic heterocycles. The maximum atomic E-state index is 12.4. The normalized spacial score (nSPS) is 17.6. The van der Waals surface area contributed by atoms with Crippen molar-refractivity contribution in [3.63, 3.8) is 0 Å². The van der Waals surface area contributed by atoms with Crippen molar-refractivity contribution in [2.45, 2.75) is 12.8 Å². The Bertz CT molecular complexity index is 609. The number of hydrogen-bond donors (Lipinski definition) is 1. The Morgan fingerprint density at radius 2 is 2.05 bits per heavy atom. The standard InChI is InChI=1S/C16H18N2O3S/c19-15(14-11-22-9-8-21-14)17-13-5-3-4-12(10-13)16(20)18-6-1-2-7-18/h3-5,10-11H,1-2,6-9H2,(H,17,19). The molecular weight excluding hydrogens is 300 g/mol. The smallest absolute Gasteiger partial charge is 0.291 e. The van der Waals surface area contributed by atoms with Gasteiger partial charge in [0.1, 0.15) is 0 Å². The molecule has 5 nitrogen and oxygen atoms in total. The largest absolute Gasteiger partial charge is 0.487 e. The van der Waals surface area contributed by atoms with Gasteiger partial charge in [-0.05, 0) is 31.0 Å². The van der Waals surface area contributed by atoms with Crippen LogP contribution >= 0.6 is 11.8 Å². The Kier molecular flexibility index (Phi) is 4.68. The third kappa shape index (κ3) is 3.44. The van der Waals surface area contributed by atoms with Gasteiger partial charge in [0.05, 0.1) is 6.61 Å². The number of rotatable bonds is 3. The van der Waals surface area contributed by atoms with E-state index in [2.05, 4.69) is 5.32 Å². The van der Waals surface area contributed by atoms with Crippen molar-refractivity contribution in [3.05, 3.63) is 41.0 Å². The van der Waals surface area contributed by atoms with Gasteiger partial charge in [-0.15, -0.1) is 11.8 Å². The van der Waals surface area contributed by atoms with Gasteiger partial charge in [0.25, 0.3) is 11.8 Å². The maximum absolute atomic E-state index is 12.4. The summed E-state index contributed by atoms with van der Waals surface area (Å²) in [7, 11) is 0. The van der Waals surface area contributed by atoms with Crippen LogP contribution in [0.4, 0.5) is 5.69 Å². The summed E-state index contributed by atoms with van der Waals surface area (Å²) in [5.41, 5.74) is 1.21. The third-order valence-electron chi connectivity index (χ3n) is 3.63. The number of carbonyl (C=O) groups is 2. The summed E-state index contributed by atoms with van der Waals surface area (Å²) in [5, 5.41) is 4.50. The average Bonchev–Trinajstić information content (AvgIpc) is 3.09. The molecule has 2 aliphatic rings. The van der Waals surface area contributed by atoms with Crippen LogP contribution in [0.3, 0.4) is 0 Å². The molecule has 0 aromatic heterocycles. The quantitative estimate of drug-likeness (QED) is 0.930. The van der Waals surface area contributed by atoms with Crippen LogP contribution < -0.4 is 5.32 Å². The number of anilines is 1. The Morgan fingerprint density at radius 3 is 2.77 bits per heavy atom. The number of hydrogen-bond acceptors (Lipinski definition) is 4. The summed E-state index contributed by atoms with van der Waals surface area (Å²) in [6.45, 7) is 2.16. The highest BCUT2D eigenvalue weighted by atomic mass is 32.2. The zero-order chi connectivity index (χ0) is 15.4. The summed E-state index contributed by atoms with van der Waals surface area (Å²) < 4.78 is 5.32. The Hall–Kier alpha value is -1.95. The molecule has 3 rings (SSSR count). The molecule has 1 N–H and O–H groups in total. The highest BCUT2D eigenvalue weighted by Gasteiger charge is 2.20. The van der Waals surface area contributed by atoms with Crippen LogP contribution in [0.5, 0.6) is 0 Å². The van der Waals surface area contributed by atoms with Gasteiger partial charge >= 0.3 is 0 Å². The average molecular weight is 318 g/mol. The Balaban J connectivity index is 1.69. The fourth-order valence-electron chi connectivity index (χ4n) is 2.51. The molecular formula is C16H18N2O3S. The maximum Gasteiger partial charge on any atom is 0.291 e. The number of benzene rings is 1. The van der Waals surface area contributed by atoms with E-state index in [-0.39, 0.29) is 11.8 Å². The first-order valence-corrected chi connectivity index (χ1v) is 8.44. The number of ether oxygens (including phenoxy) is 1. The van der Waals surface area contributed by atoms with Crippen molar-refractivity contribution < 1.29 is 14.3 Å². The van der Waals surface area contributed by atoms with Crippen molar-refractivity contribution in [2.75, 3.05) is 30.8 Å². The molecule has 0 radical (unpaired) electrons. The first-order valence-electron chi connectivity index (χ1n) is 7.39. The fraction of sp³-hybridized carbons (Fsp3) is 0.375. The number of amides is 2. The van der Waals surface area contributed by atoms with Gasteiger partial charge in [-0.25, -0.2) is 0 Å². The molecule has 1 saturated heterocycles. The minimum Gasteiger partial charge on any atom is -0.487 e. The number of likely N-dealkylation sites (tertiary alicyclic amines) is 1. The molecule has 1 aromatic carbocycles. The lowest BCUT2D eigenvalue weighted by molar-refractivity contribution is -0.116. The van der Waals surface area contributed by atoms with Crippen LogP contribution in [-0.2, 0) is 9.53 Å². The first-order chi connectivity index (χ1) is 10.7. The van der Waals surface area contributed by atoms with Gasteiger partial charge in [0.2, 0.25) is 0 Å². The molecule has 0 aliphatic carbocycles. The molecule has 0 unspecified atom stereocenters. The van der Waals surface area contributed by atoms with Crippen LogP contribution in [0, 0.1) is 0 Å². The molecule has 22 heavy (non-hydrogen) atoms. The molecule has 6 heteroatoms. The van der Waals surface area contributed by atoms with Gasteiger partial charge in [-0.2, -0.15) is 0 Å². The second kappa shape index (κ2) is 6.87. The van der Waals surface area contributed by atoms with Crippen molar-refractivity contribution in [3.8, 4) is 0 Å². The van der Waals surface area contributed by atoms with E-state index in [1.54, 1.807) is 41.4 Å². The summed E-state index contributed by atoms with van der Waals surface area (Å²) in [5.74, 6) is 0.930. The van der Waals surface area contributed by atoms with Crippen LogP contribution in [-0.4, -0.2) is 42.2 Å². The molecule has 2 amide bonds. The SMILES string of the molecule is O=C(Nc1cccc(C(=O)N2CCCC2)c1)C1=CSCCO1. The van der Waals surface area contributed by atoms with E-state index in [1.165, 1.54) is 0 Å². The van der Waals surface area contributed by atoms with E-state index in [1.807, 2.05) is 4.90 Å². The fourth-order valence-corrected chi connectivity index (χ4v) is 3.14. The molecule has 0 saturated carbocycles. The molecule has 0 bridgehead atoms. The Labute approximate surface area is 133 Å². The predicted molar refractivity (Wildman–Crippen MR) is 86.7 cm³/mol. The zero-order valence-electron chi connectivity index (χ0n) is 12.2. The summed E-state index contributed by atoms with van der Waals surface area (Å²) in [6, 6.07) is 7.05. The Morgan fingerprint density at radius 1 is 1.23 bits per heavy atom. The van der Waals surface area contributed by atoms with Crippen LogP contribution in [0.15, 0.2) is 35.4 Å². The summed E-state index contributed by atoms with van der Waals surface area (Å²) in [6.07, 6.45) is 2.12. The predicted octanol–water partition coefficient (Wildman–Crippen LogP) is 2.47. The second-order valence-corrected chi connectivity index (χ2v) is 6.21. The van der Waals surface area contributed by atoms with Gasteiger partial charge in [-0.1, -0.05) is 6.07 Å². The van der Waals surface area contributed by atoms with E-state index < -0.39 is 0 Å². The molecule has 1 fully saturated rings. The minimum atomic E-state index is -0.280. The molecule has 2 heterocycles. The first kappa shape index (κ1) is 15.0. The van der Waals surface area contributed by atoms with Gasteiger partial charge < -0.3 is 15.0 Å². The lowest BCUT2D eigenvalue weighted by Gasteiger charge is -2.16. The van der Waals surface area contributed by atoms with Crippen molar-refractivity contribution in [1.29, 1.82) is 0 Å². The van der Waals surface area contributed by atoms with Gasteiger partial charge in [0, 0.05) is 35.5 Å². The zero-order valence-corrected chi connectivity index (χ0v) is 13.0. The van der Waals surface area contributed by atoms with E-state index in [0.717, 1.165) is 31.7 Å². The van der Waals surface area contributed by atoms with Crippen LogP contribution in [0.1, 0.15) is 23.2 Å². The summed E-state index contributed by atoms with van der Waals surface area (Å²) in [4.78, 5) is 26.3. The van der Waals surface area contributed by atoms with E-state index in [4.69, 9.17) is 4.74 Å². The van der Waals surface area contributed by atoms with Crippen molar-refractivity contribution in [2.24, 2.45) is 0 Å². The van der Waals surface area contributed by atoms with Crippen molar-refractivity contribution >= 4 is 29.3 Å². The minimum absolute atomic E-state index is 0.0253. The number of nitrogens with zero attached hydrogens (tertiary/aromatic N) is 1. The number of carbonyl (C=O) groups excluding carboxylic acids is 2. The molecule has 116 valence electrons. The van der Waals surface area contributed by atoms with Crippen molar-refractivity contribution in [1.82, 2.24) is 4.90 Å². The lowest BCUT2D eigenvalue weighted by atomic mass is 10.1. The van der Waals surface area contributed by atoms with Gasteiger partial charge in [0.15, 0.2) is 5.76 Å². The van der Waals surface area contributed by atoms with Gasteiger partial charge in [-0.3, -0.25) is 9.59 Å². The monoisotopic (exact) mass is 318 g/mol. The highest BCUT2D eigenvalue weighted by Crippen LogP contribution is 2.19. The molecule has 0 atom stereocenters. The van der Waals surface area contributed by atoms with E-state index >= 15 is 0 Å². The van der Waals surface area contributed by atoms with Crippen LogP contribution in [0.2, 0.25) is 0 Å². The lowest BCUT2D eigenvalue weighted by Crippen LogP contribution is -2.27. The second-order valence-electron chi connectivity index (χ2n) is 5.24. The topological polar surface area (TPSA) is 58.6 Å². The highest BCUT2D eigenvalue weighted by molar-refractivity contribution is 8.02. The number of thioether (sulfide) groups is 1. The third-order valence-corrected chi connectivity index (χ3v) is 4.42. The van der Waals surface area contributed by atoms with Crippen LogP contribution in [0.25, 0.3) is 0 Å². The summed E-state index contributed by atoms with van der Waals surface area (Å²) >= 11 is 1.56.